The van der Waals surface area contributed by atoms with Crippen molar-refractivity contribution >= 4 is 34.6 Å². The molecule has 1 aromatic carbocycles. The van der Waals surface area contributed by atoms with Gasteiger partial charge in [0.25, 0.3) is 0 Å². The highest BCUT2D eigenvalue weighted by molar-refractivity contribution is 7.13. The first-order valence-corrected chi connectivity index (χ1v) is 8.67. The Kier molecular flexibility index (Phi) is 7.56. The zero-order valence-electron chi connectivity index (χ0n) is 14.4. The van der Waals surface area contributed by atoms with Gasteiger partial charge >= 0.3 is 11.9 Å². The number of carbonyl (C=O) groups is 2. The van der Waals surface area contributed by atoms with E-state index >= 15 is 0 Å². The number of esters is 2. The first-order valence-electron chi connectivity index (χ1n) is 7.79. The summed E-state index contributed by atoms with van der Waals surface area (Å²) in [5, 5.41) is 6.44. The maximum absolute atomic E-state index is 11.4. The summed E-state index contributed by atoms with van der Waals surface area (Å²) in [5.74, 6) is -0.227. The number of hydrogen-bond acceptors (Lipinski definition) is 9. The number of rotatable bonds is 9. The third-order valence-electron chi connectivity index (χ3n) is 3.00. The third-order valence-corrected chi connectivity index (χ3v) is 3.79. The summed E-state index contributed by atoms with van der Waals surface area (Å²) in [6.45, 7) is 1.95. The molecule has 0 aliphatic rings. The quantitative estimate of drug-likeness (QED) is 0.406. The summed E-state index contributed by atoms with van der Waals surface area (Å²) < 4.78 is 14.7. The number of thiazole rings is 1. The summed E-state index contributed by atoms with van der Waals surface area (Å²) in [7, 11) is 1.30. The standard InChI is InChI=1S/C17H19N3O5S/c1-3-24-15(21)8-13-11-26-17(19-13)20-18-9-12-5-4-6-14(7-12)25-10-16(22)23-2/h4-7,9,11H,3,8,10H2,1-2H3,(H,19,20). The van der Waals surface area contributed by atoms with Crippen LogP contribution >= 0.6 is 11.3 Å². The molecule has 1 heterocycles. The van der Waals surface area contributed by atoms with Gasteiger partial charge in [-0.05, 0) is 24.6 Å². The number of hydrogen-bond donors (Lipinski definition) is 1. The Balaban J connectivity index is 1.87. The zero-order valence-corrected chi connectivity index (χ0v) is 15.2. The van der Waals surface area contributed by atoms with Crippen LogP contribution in [0.5, 0.6) is 5.75 Å². The summed E-state index contributed by atoms with van der Waals surface area (Å²) in [6, 6.07) is 7.09. The molecule has 2 aromatic rings. The lowest BCUT2D eigenvalue weighted by atomic mass is 10.2. The molecular formula is C17H19N3O5S. The van der Waals surface area contributed by atoms with Gasteiger partial charge in [-0.15, -0.1) is 11.3 Å². The second kappa shape index (κ2) is 10.1. The summed E-state index contributed by atoms with van der Waals surface area (Å²) in [6.07, 6.45) is 1.73. The Labute approximate surface area is 154 Å². The van der Waals surface area contributed by atoms with Crippen LogP contribution in [-0.2, 0) is 25.5 Å². The highest BCUT2D eigenvalue weighted by Crippen LogP contribution is 2.16. The molecular weight excluding hydrogens is 358 g/mol. The molecule has 0 saturated heterocycles. The van der Waals surface area contributed by atoms with Crippen molar-refractivity contribution in [2.45, 2.75) is 13.3 Å². The molecule has 9 heteroatoms. The Morgan fingerprint density at radius 3 is 2.96 bits per heavy atom. The van der Waals surface area contributed by atoms with Gasteiger partial charge in [-0.25, -0.2) is 9.78 Å². The molecule has 8 nitrogen and oxygen atoms in total. The first-order chi connectivity index (χ1) is 12.6. The minimum atomic E-state index is -0.451. The Bertz CT molecular complexity index is 775. The number of hydrazone groups is 1. The minimum Gasteiger partial charge on any atom is -0.482 e. The lowest BCUT2D eigenvalue weighted by molar-refractivity contribution is -0.143. The molecule has 0 atom stereocenters. The van der Waals surface area contributed by atoms with E-state index in [1.54, 1.807) is 36.7 Å². The number of nitrogens with one attached hydrogen (secondary N) is 1. The van der Waals surface area contributed by atoms with Gasteiger partial charge in [0.15, 0.2) is 6.61 Å². The molecule has 0 spiro atoms. The van der Waals surface area contributed by atoms with Gasteiger partial charge in [-0.3, -0.25) is 10.2 Å². The van der Waals surface area contributed by atoms with E-state index in [-0.39, 0.29) is 19.0 Å². The molecule has 1 aromatic heterocycles. The van der Waals surface area contributed by atoms with Crippen LogP contribution in [0.25, 0.3) is 0 Å². The number of ether oxygens (including phenoxy) is 3. The molecule has 0 fully saturated rings. The Morgan fingerprint density at radius 1 is 1.35 bits per heavy atom. The van der Waals surface area contributed by atoms with Crippen LogP contribution in [-0.4, -0.2) is 43.5 Å². The highest BCUT2D eigenvalue weighted by Gasteiger charge is 2.08. The molecule has 0 saturated carbocycles. The van der Waals surface area contributed by atoms with Crippen molar-refractivity contribution in [1.29, 1.82) is 0 Å². The van der Waals surface area contributed by atoms with Crippen molar-refractivity contribution < 1.29 is 23.8 Å². The fourth-order valence-corrected chi connectivity index (χ4v) is 2.51. The van der Waals surface area contributed by atoms with Gasteiger partial charge < -0.3 is 14.2 Å². The van der Waals surface area contributed by atoms with E-state index in [0.717, 1.165) is 5.56 Å². The molecule has 0 bridgehead atoms. The number of carbonyl (C=O) groups excluding carboxylic acids is 2. The average molecular weight is 377 g/mol. The number of nitrogens with zero attached hydrogens (tertiary/aromatic N) is 2. The van der Waals surface area contributed by atoms with Crippen LogP contribution in [0.15, 0.2) is 34.7 Å². The van der Waals surface area contributed by atoms with Gasteiger partial charge in [0, 0.05) is 5.38 Å². The second-order valence-electron chi connectivity index (χ2n) is 4.93. The van der Waals surface area contributed by atoms with Gasteiger partial charge in [0.05, 0.1) is 32.0 Å². The number of benzene rings is 1. The average Bonchev–Trinajstić information content (AvgIpc) is 3.07. The molecule has 0 unspecified atom stereocenters. The fourth-order valence-electron chi connectivity index (χ4n) is 1.85. The maximum Gasteiger partial charge on any atom is 0.343 e. The summed E-state index contributed by atoms with van der Waals surface area (Å²) in [5.41, 5.74) is 4.22. The molecule has 0 amide bonds. The predicted molar refractivity (Wildman–Crippen MR) is 97.6 cm³/mol. The van der Waals surface area contributed by atoms with E-state index in [1.807, 2.05) is 6.07 Å². The molecule has 2 rings (SSSR count). The third kappa shape index (κ3) is 6.52. The van der Waals surface area contributed by atoms with Crippen LogP contribution in [0.4, 0.5) is 5.13 Å². The van der Waals surface area contributed by atoms with E-state index < -0.39 is 5.97 Å². The zero-order chi connectivity index (χ0) is 18.8. The van der Waals surface area contributed by atoms with Crippen LogP contribution in [0.3, 0.4) is 0 Å². The van der Waals surface area contributed by atoms with Crippen molar-refractivity contribution in [3.05, 3.63) is 40.9 Å². The van der Waals surface area contributed by atoms with Gasteiger partial charge in [-0.2, -0.15) is 5.10 Å². The lowest BCUT2D eigenvalue weighted by Crippen LogP contribution is -2.12. The topological polar surface area (TPSA) is 99.1 Å². The molecule has 0 radical (unpaired) electrons. The van der Waals surface area contributed by atoms with E-state index in [2.05, 4.69) is 20.2 Å². The summed E-state index contributed by atoms with van der Waals surface area (Å²) in [4.78, 5) is 26.8. The van der Waals surface area contributed by atoms with Gasteiger partial charge in [-0.1, -0.05) is 12.1 Å². The smallest absolute Gasteiger partial charge is 0.343 e. The Hall–Kier alpha value is -2.94. The largest absolute Gasteiger partial charge is 0.482 e. The van der Waals surface area contributed by atoms with Crippen molar-refractivity contribution in [2.75, 3.05) is 25.7 Å². The molecule has 138 valence electrons. The normalized spacial score (nSPS) is 10.5. The first kappa shape index (κ1) is 19.4. The summed E-state index contributed by atoms with van der Waals surface area (Å²) >= 11 is 1.34. The van der Waals surface area contributed by atoms with Gasteiger partial charge in [0.1, 0.15) is 5.75 Å². The van der Waals surface area contributed by atoms with E-state index in [0.29, 0.717) is 23.2 Å². The minimum absolute atomic E-state index is 0.134. The number of aromatic nitrogens is 1. The van der Waals surface area contributed by atoms with Crippen LogP contribution < -0.4 is 10.2 Å². The van der Waals surface area contributed by atoms with Crippen molar-refractivity contribution in [1.82, 2.24) is 4.98 Å². The fraction of sp³-hybridized carbons (Fsp3) is 0.294. The van der Waals surface area contributed by atoms with Crippen molar-refractivity contribution in [3.8, 4) is 5.75 Å². The van der Waals surface area contributed by atoms with Gasteiger partial charge in [0.2, 0.25) is 5.13 Å². The van der Waals surface area contributed by atoms with Crippen molar-refractivity contribution in [2.24, 2.45) is 5.10 Å². The molecule has 26 heavy (non-hydrogen) atoms. The van der Waals surface area contributed by atoms with E-state index in [9.17, 15) is 9.59 Å². The number of methoxy groups -OCH3 is 1. The predicted octanol–water partition coefficient (Wildman–Crippen LogP) is 2.25. The molecule has 0 aliphatic heterocycles. The highest BCUT2D eigenvalue weighted by atomic mass is 32.1. The SMILES string of the molecule is CCOC(=O)Cc1csc(NN=Cc2cccc(OCC(=O)OC)c2)n1. The molecule has 0 aliphatic carbocycles. The van der Waals surface area contributed by atoms with Crippen LogP contribution in [0, 0.1) is 0 Å². The van der Waals surface area contributed by atoms with E-state index in [1.165, 1.54) is 18.4 Å². The monoisotopic (exact) mass is 377 g/mol. The Morgan fingerprint density at radius 2 is 2.19 bits per heavy atom. The number of anilines is 1. The molecule has 1 N–H and O–H groups in total. The maximum atomic E-state index is 11.4. The van der Waals surface area contributed by atoms with Crippen molar-refractivity contribution in [3.63, 3.8) is 0 Å². The van der Waals surface area contributed by atoms with Crippen LogP contribution in [0.1, 0.15) is 18.2 Å². The second-order valence-corrected chi connectivity index (χ2v) is 5.79. The van der Waals surface area contributed by atoms with Crippen LogP contribution in [0.2, 0.25) is 0 Å². The van der Waals surface area contributed by atoms with E-state index in [4.69, 9.17) is 9.47 Å². The lowest BCUT2D eigenvalue weighted by Gasteiger charge is -2.05.